The number of carbonyl (C=O) groups is 1. The highest BCUT2D eigenvalue weighted by atomic mass is 32.1. The number of fused-ring (bicyclic) bond motifs is 1. The van der Waals surface area contributed by atoms with Gasteiger partial charge in [-0.25, -0.2) is 10.3 Å². The van der Waals surface area contributed by atoms with Crippen molar-refractivity contribution in [2.24, 2.45) is 4.99 Å². The van der Waals surface area contributed by atoms with Gasteiger partial charge in [0.2, 0.25) is 0 Å². The smallest absolute Gasteiger partial charge is 0.316 e. The van der Waals surface area contributed by atoms with Crippen molar-refractivity contribution in [2.45, 2.75) is 26.3 Å². The van der Waals surface area contributed by atoms with E-state index in [1.165, 1.54) is 18.4 Å². The zero-order valence-corrected chi connectivity index (χ0v) is 11.9. The molecule has 0 saturated carbocycles. The van der Waals surface area contributed by atoms with E-state index in [2.05, 4.69) is 32.9 Å². The van der Waals surface area contributed by atoms with Crippen LogP contribution in [-0.2, 0) is 11.4 Å². The molecule has 1 heterocycles. The van der Waals surface area contributed by atoms with E-state index in [1.807, 2.05) is 18.2 Å². The van der Waals surface area contributed by atoms with Crippen molar-refractivity contribution in [3.63, 3.8) is 0 Å². The first-order valence-electron chi connectivity index (χ1n) is 6.22. The molecule has 1 N–H and O–H groups in total. The Kier molecular flexibility index (Phi) is 4.70. The van der Waals surface area contributed by atoms with Crippen molar-refractivity contribution in [1.82, 2.24) is 10.0 Å². The molecule has 0 spiro atoms. The van der Waals surface area contributed by atoms with E-state index in [9.17, 15) is 4.79 Å². The molecule has 19 heavy (non-hydrogen) atoms. The third-order valence-electron chi connectivity index (χ3n) is 2.71. The standard InChI is InChI=1S/C13H17N3O2S/c1-3-4-9-16-10-7-5-6-8-11(10)19-13(16)14-12(17)15-18-2/h5-8H,3-4,9H2,1-2H3,(H,15,17). The predicted molar refractivity (Wildman–Crippen MR) is 75.8 cm³/mol. The number of thiazole rings is 1. The van der Waals surface area contributed by atoms with Crippen LogP contribution in [0.4, 0.5) is 4.79 Å². The molecule has 5 nitrogen and oxygen atoms in total. The van der Waals surface area contributed by atoms with Crippen molar-refractivity contribution in [3.05, 3.63) is 29.1 Å². The summed E-state index contributed by atoms with van der Waals surface area (Å²) in [5.41, 5.74) is 3.33. The molecule has 0 radical (unpaired) electrons. The number of hydrogen-bond donors (Lipinski definition) is 1. The lowest BCUT2D eigenvalue weighted by molar-refractivity contribution is 0.112. The maximum Gasteiger partial charge on any atom is 0.367 e. The Bertz CT molecular complexity index is 630. The van der Waals surface area contributed by atoms with E-state index in [4.69, 9.17) is 0 Å². The number of rotatable bonds is 4. The van der Waals surface area contributed by atoms with Crippen LogP contribution in [0.15, 0.2) is 29.3 Å². The lowest BCUT2D eigenvalue weighted by Gasteiger charge is -2.03. The van der Waals surface area contributed by atoms with Gasteiger partial charge in [0.05, 0.1) is 17.3 Å². The van der Waals surface area contributed by atoms with Gasteiger partial charge in [-0.15, -0.1) is 0 Å². The molecular formula is C13H17N3O2S. The fourth-order valence-electron chi connectivity index (χ4n) is 1.84. The zero-order chi connectivity index (χ0) is 13.7. The van der Waals surface area contributed by atoms with E-state index >= 15 is 0 Å². The second-order valence-electron chi connectivity index (χ2n) is 4.08. The Hall–Kier alpha value is -1.66. The highest BCUT2D eigenvalue weighted by molar-refractivity contribution is 7.16. The number of urea groups is 1. The second kappa shape index (κ2) is 6.49. The number of aryl methyl sites for hydroxylation is 1. The lowest BCUT2D eigenvalue weighted by atomic mass is 10.3. The van der Waals surface area contributed by atoms with Crippen molar-refractivity contribution < 1.29 is 9.63 Å². The topological polar surface area (TPSA) is 55.6 Å². The van der Waals surface area contributed by atoms with Crippen LogP contribution in [0.1, 0.15) is 19.8 Å². The Morgan fingerprint density at radius 1 is 1.47 bits per heavy atom. The molecule has 0 bridgehead atoms. The van der Waals surface area contributed by atoms with Gasteiger partial charge in [-0.2, -0.15) is 4.99 Å². The highest BCUT2D eigenvalue weighted by Crippen LogP contribution is 2.17. The van der Waals surface area contributed by atoms with Crippen LogP contribution in [0.25, 0.3) is 10.2 Å². The molecule has 0 atom stereocenters. The Morgan fingerprint density at radius 2 is 2.26 bits per heavy atom. The molecule has 2 aromatic rings. The summed E-state index contributed by atoms with van der Waals surface area (Å²) in [6.07, 6.45) is 2.15. The van der Waals surface area contributed by atoms with Gasteiger partial charge in [0.1, 0.15) is 0 Å². The van der Waals surface area contributed by atoms with Crippen LogP contribution < -0.4 is 10.3 Å². The predicted octanol–water partition coefficient (Wildman–Crippen LogP) is 2.67. The average Bonchev–Trinajstić information content (AvgIpc) is 2.74. The molecule has 1 aromatic heterocycles. The Morgan fingerprint density at radius 3 is 3.00 bits per heavy atom. The zero-order valence-electron chi connectivity index (χ0n) is 11.0. The van der Waals surface area contributed by atoms with Gasteiger partial charge in [-0.1, -0.05) is 36.8 Å². The fraction of sp³-hybridized carbons (Fsp3) is 0.385. The number of hydroxylamine groups is 1. The van der Waals surface area contributed by atoms with Crippen LogP contribution in [0.5, 0.6) is 0 Å². The normalized spacial score (nSPS) is 12.0. The molecule has 0 aliphatic heterocycles. The minimum Gasteiger partial charge on any atom is -0.316 e. The monoisotopic (exact) mass is 279 g/mol. The van der Waals surface area contributed by atoms with Crippen molar-refractivity contribution in [1.29, 1.82) is 0 Å². The van der Waals surface area contributed by atoms with Crippen LogP contribution in [-0.4, -0.2) is 17.7 Å². The summed E-state index contributed by atoms with van der Waals surface area (Å²) in [4.78, 5) is 20.8. The molecule has 0 aliphatic carbocycles. The Balaban J connectivity index is 2.49. The summed E-state index contributed by atoms with van der Waals surface area (Å²) >= 11 is 1.51. The fourth-order valence-corrected chi connectivity index (χ4v) is 2.89. The lowest BCUT2D eigenvalue weighted by Crippen LogP contribution is -2.23. The number of unbranched alkanes of at least 4 members (excludes halogenated alkanes) is 1. The van der Waals surface area contributed by atoms with Crippen molar-refractivity contribution in [3.8, 4) is 0 Å². The van der Waals surface area contributed by atoms with Gasteiger partial charge in [0.15, 0.2) is 4.80 Å². The summed E-state index contributed by atoms with van der Waals surface area (Å²) in [5.74, 6) is 0. The molecule has 6 heteroatoms. The number of hydrogen-bond acceptors (Lipinski definition) is 3. The van der Waals surface area contributed by atoms with E-state index in [-0.39, 0.29) is 0 Å². The molecular weight excluding hydrogens is 262 g/mol. The third-order valence-corrected chi connectivity index (χ3v) is 3.77. The van der Waals surface area contributed by atoms with Gasteiger partial charge in [-0.05, 0) is 18.6 Å². The number of para-hydroxylation sites is 1. The first kappa shape index (κ1) is 13.8. The van der Waals surface area contributed by atoms with Crippen LogP contribution in [0, 0.1) is 0 Å². The maximum absolute atomic E-state index is 11.5. The Labute approximate surface area is 115 Å². The minimum absolute atomic E-state index is 0.487. The summed E-state index contributed by atoms with van der Waals surface area (Å²) in [5, 5.41) is 0. The summed E-state index contributed by atoms with van der Waals surface area (Å²) < 4.78 is 3.21. The first-order valence-corrected chi connectivity index (χ1v) is 7.04. The largest absolute Gasteiger partial charge is 0.367 e. The summed E-state index contributed by atoms with van der Waals surface area (Å²) in [6.45, 7) is 3.00. The third kappa shape index (κ3) is 3.21. The van der Waals surface area contributed by atoms with Gasteiger partial charge < -0.3 is 4.57 Å². The molecule has 0 aliphatic rings. The minimum atomic E-state index is -0.487. The van der Waals surface area contributed by atoms with E-state index in [0.717, 1.165) is 29.6 Å². The average molecular weight is 279 g/mol. The van der Waals surface area contributed by atoms with Gasteiger partial charge >= 0.3 is 6.03 Å². The molecule has 0 fully saturated rings. The number of nitrogens with one attached hydrogen (secondary N) is 1. The summed E-state index contributed by atoms with van der Waals surface area (Å²) in [7, 11) is 1.39. The number of nitrogens with zero attached hydrogens (tertiary/aromatic N) is 2. The van der Waals surface area contributed by atoms with Crippen LogP contribution >= 0.6 is 11.3 Å². The van der Waals surface area contributed by atoms with E-state index in [1.54, 1.807) is 0 Å². The van der Waals surface area contributed by atoms with Gasteiger partial charge in [0.25, 0.3) is 0 Å². The van der Waals surface area contributed by atoms with Crippen molar-refractivity contribution >= 4 is 27.6 Å². The molecule has 0 saturated heterocycles. The highest BCUT2D eigenvalue weighted by Gasteiger charge is 2.06. The van der Waals surface area contributed by atoms with Gasteiger partial charge in [0, 0.05) is 6.54 Å². The number of aromatic nitrogens is 1. The van der Waals surface area contributed by atoms with Crippen LogP contribution in [0.3, 0.4) is 0 Å². The van der Waals surface area contributed by atoms with Crippen LogP contribution in [0.2, 0.25) is 0 Å². The quantitative estimate of drug-likeness (QED) is 0.875. The molecule has 0 unspecified atom stereocenters. The molecule has 1 aromatic carbocycles. The SMILES string of the molecule is CCCCn1c(=NC(=O)NOC)sc2ccccc21. The number of carbonyl (C=O) groups excluding carboxylic acids is 1. The van der Waals surface area contributed by atoms with E-state index in [0.29, 0.717) is 4.80 Å². The first-order chi connectivity index (χ1) is 9.26. The van der Waals surface area contributed by atoms with E-state index < -0.39 is 6.03 Å². The molecule has 2 amide bonds. The van der Waals surface area contributed by atoms with Gasteiger partial charge in [-0.3, -0.25) is 4.84 Å². The van der Waals surface area contributed by atoms with Crippen molar-refractivity contribution in [2.75, 3.05) is 7.11 Å². The molecule has 2 rings (SSSR count). The number of amides is 2. The second-order valence-corrected chi connectivity index (χ2v) is 5.09. The number of benzene rings is 1. The maximum atomic E-state index is 11.5. The molecule has 102 valence electrons. The summed E-state index contributed by atoms with van der Waals surface area (Å²) in [6, 6.07) is 7.59.